The van der Waals surface area contributed by atoms with Crippen LogP contribution in [0.15, 0.2) is 50.6 Å². The lowest BCUT2D eigenvalue weighted by molar-refractivity contribution is -0.0200. The number of nitrogens with zero attached hydrogens (tertiary/aromatic N) is 2. The van der Waals surface area contributed by atoms with Gasteiger partial charge in [0.1, 0.15) is 0 Å². The normalized spacial score (nSPS) is 13.9. The Balaban J connectivity index is 4.23. The molecule has 0 radical (unpaired) electrons. The largest absolute Gasteiger partial charge is 0.373 e. The second-order valence-electron chi connectivity index (χ2n) is 5.35. The van der Waals surface area contributed by atoms with Crippen molar-refractivity contribution in [2.75, 3.05) is 39.3 Å². The van der Waals surface area contributed by atoms with Gasteiger partial charge >= 0.3 is 0 Å². The summed E-state index contributed by atoms with van der Waals surface area (Å²) in [5.74, 6) is 0. The SMILES string of the molecule is C=CCN(CC=C)CC(C)OC(C)CN(CC=C)CC=C. The van der Waals surface area contributed by atoms with E-state index < -0.39 is 0 Å². The molecule has 0 bridgehead atoms. The van der Waals surface area contributed by atoms with Crippen LogP contribution in [0.25, 0.3) is 0 Å². The lowest BCUT2D eigenvalue weighted by Gasteiger charge is -2.28. The number of hydrogen-bond donors (Lipinski definition) is 0. The summed E-state index contributed by atoms with van der Waals surface area (Å²) in [5.41, 5.74) is 0. The first kappa shape index (κ1) is 19.8. The van der Waals surface area contributed by atoms with Crippen LogP contribution in [0.4, 0.5) is 0 Å². The first-order valence-corrected chi connectivity index (χ1v) is 7.61. The van der Waals surface area contributed by atoms with Gasteiger partial charge in [0.2, 0.25) is 0 Å². The maximum Gasteiger partial charge on any atom is 0.0678 e. The number of ether oxygens (including phenoxy) is 1. The minimum absolute atomic E-state index is 0.175. The molecule has 0 aliphatic heterocycles. The van der Waals surface area contributed by atoms with Gasteiger partial charge in [-0.15, -0.1) is 26.3 Å². The molecule has 0 rings (SSSR count). The van der Waals surface area contributed by atoms with Crippen LogP contribution in [0.5, 0.6) is 0 Å². The second kappa shape index (κ2) is 12.6. The molecular formula is C18H32N2O. The standard InChI is InChI=1S/C18H32N2O/c1-7-11-19(12-8-2)15-17(5)21-18(6)16-20(13-9-3)14-10-4/h7-10,17-18H,1-4,11-16H2,5-6H3. The van der Waals surface area contributed by atoms with E-state index in [4.69, 9.17) is 4.74 Å². The van der Waals surface area contributed by atoms with Gasteiger partial charge in [-0.25, -0.2) is 0 Å². The van der Waals surface area contributed by atoms with E-state index in [0.29, 0.717) is 0 Å². The molecule has 0 aromatic rings. The minimum atomic E-state index is 0.175. The zero-order chi connectivity index (χ0) is 16.1. The molecule has 0 fully saturated rings. The lowest BCUT2D eigenvalue weighted by Crippen LogP contribution is -2.38. The quantitative estimate of drug-likeness (QED) is 0.458. The van der Waals surface area contributed by atoms with Gasteiger partial charge in [0.15, 0.2) is 0 Å². The van der Waals surface area contributed by atoms with E-state index in [1.807, 2.05) is 24.3 Å². The van der Waals surface area contributed by atoms with Gasteiger partial charge in [0.25, 0.3) is 0 Å². The highest BCUT2D eigenvalue weighted by molar-refractivity contribution is 4.82. The third kappa shape index (κ3) is 10.2. The van der Waals surface area contributed by atoms with E-state index in [-0.39, 0.29) is 12.2 Å². The topological polar surface area (TPSA) is 15.7 Å². The van der Waals surface area contributed by atoms with Crippen LogP contribution in [-0.4, -0.2) is 61.3 Å². The molecule has 21 heavy (non-hydrogen) atoms. The van der Waals surface area contributed by atoms with Crippen LogP contribution in [0.1, 0.15) is 13.8 Å². The third-order valence-electron chi connectivity index (χ3n) is 3.04. The molecule has 2 atom stereocenters. The zero-order valence-corrected chi connectivity index (χ0v) is 13.8. The maximum atomic E-state index is 6.08. The lowest BCUT2D eigenvalue weighted by atomic mass is 10.3. The van der Waals surface area contributed by atoms with Crippen LogP contribution in [0.2, 0.25) is 0 Å². The van der Waals surface area contributed by atoms with Gasteiger partial charge in [0, 0.05) is 39.3 Å². The van der Waals surface area contributed by atoms with Crippen molar-refractivity contribution in [1.82, 2.24) is 9.80 Å². The van der Waals surface area contributed by atoms with Crippen LogP contribution in [0.3, 0.4) is 0 Å². The van der Waals surface area contributed by atoms with E-state index in [2.05, 4.69) is 50.0 Å². The van der Waals surface area contributed by atoms with Crippen LogP contribution in [0, 0.1) is 0 Å². The van der Waals surface area contributed by atoms with E-state index in [9.17, 15) is 0 Å². The van der Waals surface area contributed by atoms with Crippen molar-refractivity contribution in [2.45, 2.75) is 26.1 Å². The Morgan fingerprint density at radius 2 is 1.00 bits per heavy atom. The molecule has 0 aliphatic rings. The summed E-state index contributed by atoms with van der Waals surface area (Å²) in [5, 5.41) is 0. The average Bonchev–Trinajstić information content (AvgIpc) is 2.39. The Kier molecular flexibility index (Phi) is 11.9. The third-order valence-corrected chi connectivity index (χ3v) is 3.04. The van der Waals surface area contributed by atoms with Crippen molar-refractivity contribution in [3.63, 3.8) is 0 Å². The Bertz CT molecular complexity index is 264. The predicted octanol–water partition coefficient (Wildman–Crippen LogP) is 3.13. The highest BCUT2D eigenvalue weighted by Crippen LogP contribution is 2.04. The van der Waals surface area contributed by atoms with E-state index in [0.717, 1.165) is 39.3 Å². The Hall–Kier alpha value is -1.16. The van der Waals surface area contributed by atoms with Crippen molar-refractivity contribution in [2.24, 2.45) is 0 Å². The summed E-state index contributed by atoms with van der Waals surface area (Å²) >= 11 is 0. The molecule has 0 amide bonds. The fourth-order valence-corrected chi connectivity index (χ4v) is 2.39. The summed E-state index contributed by atoms with van der Waals surface area (Å²) in [6.45, 7) is 24.6. The highest BCUT2D eigenvalue weighted by Gasteiger charge is 2.14. The Labute approximate surface area is 131 Å². The van der Waals surface area contributed by atoms with Crippen molar-refractivity contribution in [3.8, 4) is 0 Å². The molecule has 0 spiro atoms. The van der Waals surface area contributed by atoms with Crippen molar-refractivity contribution >= 4 is 0 Å². The van der Waals surface area contributed by atoms with Gasteiger partial charge in [-0.2, -0.15) is 0 Å². The molecule has 0 N–H and O–H groups in total. The predicted molar refractivity (Wildman–Crippen MR) is 93.7 cm³/mol. The molecule has 0 heterocycles. The molecule has 3 nitrogen and oxygen atoms in total. The number of hydrogen-bond acceptors (Lipinski definition) is 3. The summed E-state index contributed by atoms with van der Waals surface area (Å²) in [4.78, 5) is 4.53. The van der Waals surface area contributed by atoms with Crippen molar-refractivity contribution in [1.29, 1.82) is 0 Å². The van der Waals surface area contributed by atoms with Crippen molar-refractivity contribution < 1.29 is 4.74 Å². The second-order valence-corrected chi connectivity index (χ2v) is 5.35. The molecule has 0 aliphatic carbocycles. The Morgan fingerprint density at radius 1 is 0.714 bits per heavy atom. The molecule has 3 heteroatoms. The fourth-order valence-electron chi connectivity index (χ4n) is 2.39. The van der Waals surface area contributed by atoms with Crippen LogP contribution >= 0.6 is 0 Å². The summed E-state index contributed by atoms with van der Waals surface area (Å²) < 4.78 is 6.08. The van der Waals surface area contributed by atoms with E-state index in [1.54, 1.807) is 0 Å². The average molecular weight is 292 g/mol. The van der Waals surface area contributed by atoms with Crippen LogP contribution in [-0.2, 0) is 4.74 Å². The van der Waals surface area contributed by atoms with Gasteiger partial charge in [-0.05, 0) is 13.8 Å². The molecule has 2 unspecified atom stereocenters. The molecular weight excluding hydrogens is 260 g/mol. The summed E-state index contributed by atoms with van der Waals surface area (Å²) in [6, 6.07) is 0. The first-order chi connectivity index (χ1) is 10.1. The maximum absolute atomic E-state index is 6.08. The monoisotopic (exact) mass is 292 g/mol. The van der Waals surface area contributed by atoms with Gasteiger partial charge < -0.3 is 4.74 Å². The van der Waals surface area contributed by atoms with Gasteiger partial charge in [-0.1, -0.05) is 24.3 Å². The van der Waals surface area contributed by atoms with Gasteiger partial charge in [0.05, 0.1) is 12.2 Å². The Morgan fingerprint density at radius 3 is 1.24 bits per heavy atom. The van der Waals surface area contributed by atoms with Crippen LogP contribution < -0.4 is 0 Å². The van der Waals surface area contributed by atoms with E-state index >= 15 is 0 Å². The molecule has 0 saturated heterocycles. The molecule has 120 valence electrons. The minimum Gasteiger partial charge on any atom is -0.373 e. The number of rotatable bonds is 14. The van der Waals surface area contributed by atoms with Crippen molar-refractivity contribution in [3.05, 3.63) is 50.6 Å². The summed E-state index contributed by atoms with van der Waals surface area (Å²) in [6.07, 6.45) is 8.00. The first-order valence-electron chi connectivity index (χ1n) is 7.61. The fraction of sp³-hybridized carbons (Fsp3) is 0.556. The smallest absolute Gasteiger partial charge is 0.0678 e. The van der Waals surface area contributed by atoms with Gasteiger partial charge in [-0.3, -0.25) is 9.80 Å². The highest BCUT2D eigenvalue weighted by atomic mass is 16.5. The zero-order valence-electron chi connectivity index (χ0n) is 13.8. The summed E-state index contributed by atoms with van der Waals surface area (Å²) in [7, 11) is 0. The molecule has 0 aromatic heterocycles. The molecule has 0 saturated carbocycles. The van der Waals surface area contributed by atoms with E-state index in [1.165, 1.54) is 0 Å². The molecule has 0 aromatic carbocycles.